The zero-order valence-corrected chi connectivity index (χ0v) is 24.8. The molecule has 3 unspecified atom stereocenters. The van der Waals surface area contributed by atoms with E-state index in [0.29, 0.717) is 11.3 Å². The van der Waals surface area contributed by atoms with Crippen LogP contribution >= 0.6 is 11.8 Å². The largest absolute Gasteiger partial charge is 0.448 e. The van der Waals surface area contributed by atoms with Gasteiger partial charge in [-0.25, -0.2) is 4.79 Å². The van der Waals surface area contributed by atoms with Gasteiger partial charge in [-0.3, -0.25) is 19.3 Å². The Hall–Kier alpha value is -4.67. The molecule has 3 aliphatic rings. The third kappa shape index (κ3) is 6.17. The monoisotopic (exact) mass is 609 g/mol. The van der Waals surface area contributed by atoms with E-state index in [9.17, 15) is 19.2 Å². The van der Waals surface area contributed by atoms with Crippen molar-refractivity contribution in [2.24, 2.45) is 0 Å². The van der Waals surface area contributed by atoms with Gasteiger partial charge < -0.3 is 14.9 Å². The molecule has 6 rings (SSSR count). The van der Waals surface area contributed by atoms with Crippen LogP contribution in [0.1, 0.15) is 29.2 Å². The van der Waals surface area contributed by atoms with Crippen LogP contribution in [0.2, 0.25) is 0 Å². The summed E-state index contributed by atoms with van der Waals surface area (Å²) in [6, 6.07) is 27.1. The van der Waals surface area contributed by atoms with Crippen LogP contribution in [0.4, 0.5) is 0 Å². The summed E-state index contributed by atoms with van der Waals surface area (Å²) >= 11 is 1.46. The molecule has 2 saturated heterocycles. The second kappa shape index (κ2) is 12.9. The molecule has 3 aromatic rings. The standard InChI is InChI=1S/C34H31N3O6S/c1-36-26(20-28(39)43-36)18-17-25-21-44-33-29(35-27(38)19-22-11-5-2-6-12-22)32(40)37(33)30(25)34(41)42-31(23-13-7-3-8-14-23)24-15-9-4-10-16-24/h2-18,26,29,31,33H,19-21H2,1H3,(H,35,38). The summed E-state index contributed by atoms with van der Waals surface area (Å²) in [5.41, 5.74) is 3.14. The van der Waals surface area contributed by atoms with Crippen LogP contribution in [0, 0.1) is 0 Å². The lowest BCUT2D eigenvalue weighted by Crippen LogP contribution is -2.70. The molecule has 0 radical (unpaired) electrons. The lowest BCUT2D eigenvalue weighted by molar-refractivity contribution is -0.167. The fourth-order valence-corrected chi connectivity index (χ4v) is 6.81. The number of nitrogens with one attached hydrogen (secondary N) is 1. The molecule has 9 nitrogen and oxygen atoms in total. The quantitative estimate of drug-likeness (QED) is 0.288. The van der Waals surface area contributed by atoms with Crippen LogP contribution in [0.15, 0.2) is 114 Å². The van der Waals surface area contributed by atoms with E-state index in [1.165, 1.54) is 21.7 Å². The molecule has 0 aliphatic carbocycles. The van der Waals surface area contributed by atoms with Crippen molar-refractivity contribution < 1.29 is 28.8 Å². The number of β-lactam (4-membered cyclic amide) rings is 1. The minimum absolute atomic E-state index is 0.133. The van der Waals surface area contributed by atoms with Gasteiger partial charge >= 0.3 is 11.9 Å². The third-order valence-corrected chi connectivity index (χ3v) is 9.06. The molecule has 2 amide bonds. The Kier molecular flexibility index (Phi) is 8.63. The molecule has 224 valence electrons. The van der Waals surface area contributed by atoms with Crippen LogP contribution in [0.5, 0.6) is 0 Å². The maximum Gasteiger partial charge on any atom is 0.356 e. The molecule has 0 bridgehead atoms. The first-order valence-corrected chi connectivity index (χ1v) is 15.4. The molecule has 3 atom stereocenters. The summed E-state index contributed by atoms with van der Waals surface area (Å²) < 4.78 is 6.19. The molecule has 2 fully saturated rings. The van der Waals surface area contributed by atoms with Gasteiger partial charge in [0.1, 0.15) is 17.1 Å². The number of benzene rings is 3. The third-order valence-electron chi connectivity index (χ3n) is 7.75. The zero-order chi connectivity index (χ0) is 30.6. The van der Waals surface area contributed by atoms with Crippen molar-refractivity contribution in [3.05, 3.63) is 131 Å². The molecule has 1 N–H and O–H groups in total. The molecule has 10 heteroatoms. The second-order valence-corrected chi connectivity index (χ2v) is 11.8. The highest BCUT2D eigenvalue weighted by Crippen LogP contribution is 2.42. The number of allylic oxidation sites excluding steroid dienone is 1. The van der Waals surface area contributed by atoms with Crippen molar-refractivity contribution in [2.45, 2.75) is 36.4 Å². The number of nitrogens with zero attached hydrogens (tertiary/aromatic N) is 2. The Labute approximate surface area is 259 Å². The number of hydrogen-bond acceptors (Lipinski definition) is 8. The molecule has 0 saturated carbocycles. The summed E-state index contributed by atoms with van der Waals surface area (Å²) in [5.74, 6) is -1.24. The number of carbonyl (C=O) groups excluding carboxylic acids is 4. The predicted octanol–water partition coefficient (Wildman–Crippen LogP) is 3.93. The number of rotatable bonds is 9. The van der Waals surface area contributed by atoms with Gasteiger partial charge in [0.15, 0.2) is 6.10 Å². The first-order valence-electron chi connectivity index (χ1n) is 14.3. The maximum absolute atomic E-state index is 14.1. The van der Waals surface area contributed by atoms with E-state index in [1.807, 2.05) is 91.0 Å². The summed E-state index contributed by atoms with van der Waals surface area (Å²) in [7, 11) is 1.67. The van der Waals surface area contributed by atoms with E-state index in [-0.39, 0.29) is 42.4 Å². The van der Waals surface area contributed by atoms with Gasteiger partial charge in [0.2, 0.25) is 5.91 Å². The molecule has 3 aromatic carbocycles. The number of likely N-dealkylation sites (N-methyl/N-ethyl adjacent to an activating group) is 1. The van der Waals surface area contributed by atoms with Crippen LogP contribution in [-0.2, 0) is 35.2 Å². The summed E-state index contributed by atoms with van der Waals surface area (Å²) in [6.07, 6.45) is 3.17. The van der Waals surface area contributed by atoms with Crippen LogP contribution in [-0.4, -0.2) is 64.0 Å². The van der Waals surface area contributed by atoms with Gasteiger partial charge in [0.25, 0.3) is 5.91 Å². The fraction of sp³-hybridized carbons (Fsp3) is 0.235. The van der Waals surface area contributed by atoms with Gasteiger partial charge in [-0.1, -0.05) is 103 Å². The van der Waals surface area contributed by atoms with Crippen molar-refractivity contribution in [3.8, 4) is 0 Å². The van der Waals surface area contributed by atoms with Gasteiger partial charge in [-0.2, -0.15) is 0 Å². The van der Waals surface area contributed by atoms with Crippen LogP contribution in [0.25, 0.3) is 0 Å². The average Bonchev–Trinajstić information content (AvgIpc) is 3.38. The lowest BCUT2D eigenvalue weighted by atomic mass is 10.00. The first-order chi connectivity index (χ1) is 21.4. The topological polar surface area (TPSA) is 105 Å². The van der Waals surface area contributed by atoms with E-state index in [1.54, 1.807) is 19.2 Å². The van der Waals surface area contributed by atoms with Gasteiger partial charge in [-0.15, -0.1) is 16.8 Å². The van der Waals surface area contributed by atoms with E-state index in [0.717, 1.165) is 16.7 Å². The first kappa shape index (κ1) is 29.4. The smallest absolute Gasteiger partial charge is 0.356 e. The number of esters is 1. The normalized spacial score (nSPS) is 21.7. The number of hydroxylamine groups is 2. The number of fused-ring (bicyclic) bond motifs is 1. The molecule has 0 aromatic heterocycles. The van der Waals surface area contributed by atoms with E-state index >= 15 is 0 Å². The average molecular weight is 610 g/mol. The Balaban J connectivity index is 1.28. The van der Waals surface area contributed by atoms with Gasteiger partial charge in [-0.05, 0) is 22.3 Å². The van der Waals surface area contributed by atoms with Crippen molar-refractivity contribution in [2.75, 3.05) is 12.8 Å². The minimum Gasteiger partial charge on any atom is -0.448 e. The number of carbonyl (C=O) groups is 4. The predicted molar refractivity (Wildman–Crippen MR) is 164 cm³/mol. The Morgan fingerprint density at radius 1 is 0.977 bits per heavy atom. The van der Waals surface area contributed by atoms with Gasteiger partial charge in [0.05, 0.1) is 18.9 Å². The zero-order valence-electron chi connectivity index (χ0n) is 24.0. The highest BCUT2D eigenvalue weighted by molar-refractivity contribution is 8.00. The number of hydrogen-bond donors (Lipinski definition) is 1. The number of ether oxygens (including phenoxy) is 1. The summed E-state index contributed by atoms with van der Waals surface area (Å²) in [5, 5.41) is 3.86. The Morgan fingerprint density at radius 2 is 1.59 bits per heavy atom. The van der Waals surface area contributed by atoms with Crippen LogP contribution in [0.3, 0.4) is 0 Å². The maximum atomic E-state index is 14.1. The van der Waals surface area contributed by atoms with Gasteiger partial charge in [0, 0.05) is 12.8 Å². The van der Waals surface area contributed by atoms with E-state index in [4.69, 9.17) is 9.57 Å². The van der Waals surface area contributed by atoms with E-state index in [2.05, 4.69) is 5.32 Å². The van der Waals surface area contributed by atoms with Crippen molar-refractivity contribution in [1.82, 2.24) is 15.3 Å². The molecular weight excluding hydrogens is 578 g/mol. The highest BCUT2D eigenvalue weighted by Gasteiger charge is 2.54. The van der Waals surface area contributed by atoms with Crippen LogP contribution < -0.4 is 5.32 Å². The van der Waals surface area contributed by atoms with Crippen molar-refractivity contribution in [1.29, 1.82) is 0 Å². The molecule has 44 heavy (non-hydrogen) atoms. The van der Waals surface area contributed by atoms with E-state index < -0.39 is 23.5 Å². The fourth-order valence-electron chi connectivity index (χ4n) is 5.49. The molecule has 3 aliphatic heterocycles. The Bertz CT molecular complexity index is 1570. The number of thioether (sulfide) groups is 1. The summed E-state index contributed by atoms with van der Waals surface area (Å²) in [6.45, 7) is 0. The molecule has 0 spiro atoms. The summed E-state index contributed by atoms with van der Waals surface area (Å²) in [4.78, 5) is 58.8. The Morgan fingerprint density at radius 3 is 2.18 bits per heavy atom. The number of amides is 2. The minimum atomic E-state index is -0.768. The SMILES string of the molecule is CN1OC(=O)CC1C=CC1=C(C(=O)OC(c2ccccc2)c2ccccc2)N2C(=O)C(NC(=O)Cc3ccccc3)C2SC1. The highest BCUT2D eigenvalue weighted by atomic mass is 32.2. The van der Waals surface area contributed by atoms with Crippen molar-refractivity contribution in [3.63, 3.8) is 0 Å². The van der Waals surface area contributed by atoms with Crippen molar-refractivity contribution >= 4 is 35.5 Å². The molecule has 3 heterocycles. The second-order valence-electron chi connectivity index (χ2n) is 10.7. The molecular formula is C34H31N3O6S. The lowest BCUT2D eigenvalue weighted by Gasteiger charge is -2.49.